The van der Waals surface area contributed by atoms with Gasteiger partial charge in [-0.1, -0.05) is 30.7 Å². The molecule has 16 heavy (non-hydrogen) atoms. The third-order valence-corrected chi connectivity index (χ3v) is 2.98. The summed E-state index contributed by atoms with van der Waals surface area (Å²) in [6.45, 7) is 10.2. The molecular formula is C14H25ClO. The van der Waals surface area contributed by atoms with Gasteiger partial charge in [0.25, 0.3) is 0 Å². The van der Waals surface area contributed by atoms with Crippen molar-refractivity contribution in [3.8, 4) is 0 Å². The highest BCUT2D eigenvalue weighted by Gasteiger charge is 2.10. The maximum absolute atomic E-state index is 9.79. The molecule has 0 saturated heterocycles. The van der Waals surface area contributed by atoms with Gasteiger partial charge in [0.1, 0.15) is 0 Å². The molecule has 0 aromatic rings. The normalized spacial score (nSPS) is 14.3. The number of halogens is 1. The van der Waals surface area contributed by atoms with Crippen LogP contribution in [0.4, 0.5) is 0 Å². The molecule has 0 aliphatic rings. The minimum Gasteiger partial charge on any atom is -0.393 e. The Bertz CT molecular complexity index is 229. The van der Waals surface area contributed by atoms with E-state index in [0.29, 0.717) is 18.2 Å². The van der Waals surface area contributed by atoms with Crippen molar-refractivity contribution in [2.45, 2.75) is 52.6 Å². The molecule has 0 heterocycles. The van der Waals surface area contributed by atoms with Crippen LogP contribution in [0.1, 0.15) is 46.5 Å². The standard InChI is InChI=1S/C14H25ClO/c1-11(2)6-5-7-12(3)8-14(16)9-13(4)10-15/h6,12,14,16H,4-5,7-10H2,1-3H3/t12-,14+/m0/s1. The molecule has 0 rings (SSSR count). The van der Waals surface area contributed by atoms with E-state index in [2.05, 4.69) is 33.4 Å². The first-order valence-electron chi connectivity index (χ1n) is 5.99. The predicted octanol–water partition coefficient (Wildman–Crippen LogP) is 4.31. The quantitative estimate of drug-likeness (QED) is 0.499. The number of aliphatic hydroxyl groups is 1. The minimum absolute atomic E-state index is 0.284. The molecule has 2 atom stereocenters. The maximum Gasteiger partial charge on any atom is 0.0580 e. The van der Waals surface area contributed by atoms with Crippen molar-refractivity contribution >= 4 is 11.6 Å². The van der Waals surface area contributed by atoms with E-state index >= 15 is 0 Å². The highest BCUT2D eigenvalue weighted by atomic mass is 35.5. The zero-order valence-electron chi connectivity index (χ0n) is 10.8. The number of aliphatic hydroxyl groups excluding tert-OH is 1. The van der Waals surface area contributed by atoms with E-state index in [1.165, 1.54) is 5.57 Å². The second kappa shape index (κ2) is 8.83. The fourth-order valence-corrected chi connectivity index (χ4v) is 1.82. The Morgan fingerprint density at radius 1 is 1.44 bits per heavy atom. The summed E-state index contributed by atoms with van der Waals surface area (Å²) in [5, 5.41) is 9.79. The van der Waals surface area contributed by atoms with Crippen molar-refractivity contribution in [3.63, 3.8) is 0 Å². The lowest BCUT2D eigenvalue weighted by Crippen LogP contribution is -2.12. The van der Waals surface area contributed by atoms with Crippen LogP contribution in [0.25, 0.3) is 0 Å². The first kappa shape index (κ1) is 15.7. The maximum atomic E-state index is 9.79. The van der Waals surface area contributed by atoms with Gasteiger partial charge in [0, 0.05) is 5.88 Å². The summed E-state index contributed by atoms with van der Waals surface area (Å²) in [5.74, 6) is 0.997. The van der Waals surface area contributed by atoms with Crippen LogP contribution >= 0.6 is 11.6 Å². The van der Waals surface area contributed by atoms with Crippen molar-refractivity contribution in [1.29, 1.82) is 0 Å². The Morgan fingerprint density at radius 3 is 2.56 bits per heavy atom. The van der Waals surface area contributed by atoms with Crippen LogP contribution in [-0.2, 0) is 0 Å². The topological polar surface area (TPSA) is 20.2 Å². The van der Waals surface area contributed by atoms with Crippen molar-refractivity contribution < 1.29 is 5.11 Å². The molecule has 0 aromatic carbocycles. The molecule has 94 valence electrons. The second-order valence-electron chi connectivity index (χ2n) is 4.94. The summed E-state index contributed by atoms with van der Waals surface area (Å²) in [4.78, 5) is 0. The Morgan fingerprint density at radius 2 is 2.06 bits per heavy atom. The highest BCUT2D eigenvalue weighted by Crippen LogP contribution is 2.17. The Kier molecular flexibility index (Phi) is 8.68. The number of hydrogen-bond donors (Lipinski definition) is 1. The third kappa shape index (κ3) is 8.99. The van der Waals surface area contributed by atoms with Crippen LogP contribution in [0.2, 0.25) is 0 Å². The van der Waals surface area contributed by atoms with Crippen LogP contribution in [0.3, 0.4) is 0 Å². The van der Waals surface area contributed by atoms with E-state index in [4.69, 9.17) is 11.6 Å². The minimum atomic E-state index is -0.284. The van der Waals surface area contributed by atoms with E-state index in [1.807, 2.05) is 0 Å². The SMILES string of the molecule is C=C(CCl)C[C@H](O)C[C@@H](C)CCC=C(C)C. The Balaban J connectivity index is 3.73. The van der Waals surface area contributed by atoms with Gasteiger partial charge < -0.3 is 5.11 Å². The van der Waals surface area contributed by atoms with Crippen molar-refractivity contribution in [3.05, 3.63) is 23.8 Å². The molecule has 0 radical (unpaired) electrons. The molecule has 0 spiro atoms. The average molecular weight is 245 g/mol. The molecule has 0 fully saturated rings. The first-order valence-corrected chi connectivity index (χ1v) is 6.53. The lowest BCUT2D eigenvalue weighted by atomic mass is 9.95. The molecule has 2 heteroatoms. The van der Waals surface area contributed by atoms with Crippen LogP contribution in [0.5, 0.6) is 0 Å². The van der Waals surface area contributed by atoms with E-state index in [9.17, 15) is 5.11 Å². The van der Waals surface area contributed by atoms with Crippen LogP contribution in [0, 0.1) is 5.92 Å². The number of allylic oxidation sites excluding steroid dienone is 2. The average Bonchev–Trinajstić information content (AvgIpc) is 2.16. The van der Waals surface area contributed by atoms with Gasteiger partial charge >= 0.3 is 0 Å². The number of hydrogen-bond acceptors (Lipinski definition) is 1. The Labute approximate surface area is 105 Å². The first-order chi connectivity index (χ1) is 7.45. The van der Waals surface area contributed by atoms with Gasteiger partial charge in [-0.25, -0.2) is 0 Å². The van der Waals surface area contributed by atoms with Gasteiger partial charge in [-0.15, -0.1) is 11.6 Å². The van der Waals surface area contributed by atoms with Crippen molar-refractivity contribution in [2.24, 2.45) is 5.92 Å². The predicted molar refractivity (Wildman–Crippen MR) is 72.9 cm³/mol. The molecule has 0 aliphatic carbocycles. The van der Waals surface area contributed by atoms with Gasteiger partial charge in [-0.3, -0.25) is 0 Å². The van der Waals surface area contributed by atoms with Gasteiger partial charge in [-0.2, -0.15) is 0 Å². The monoisotopic (exact) mass is 244 g/mol. The molecular weight excluding hydrogens is 220 g/mol. The lowest BCUT2D eigenvalue weighted by molar-refractivity contribution is 0.144. The summed E-state index contributed by atoms with van der Waals surface area (Å²) >= 11 is 5.63. The number of alkyl halides is 1. The third-order valence-electron chi connectivity index (χ3n) is 2.60. The molecule has 0 bridgehead atoms. The molecule has 0 aromatic heterocycles. The van der Waals surface area contributed by atoms with E-state index in [1.54, 1.807) is 0 Å². The molecule has 0 aliphatic heterocycles. The molecule has 1 nitrogen and oxygen atoms in total. The highest BCUT2D eigenvalue weighted by molar-refractivity contribution is 6.19. The summed E-state index contributed by atoms with van der Waals surface area (Å²) in [7, 11) is 0. The fraction of sp³-hybridized carbons (Fsp3) is 0.714. The summed E-state index contributed by atoms with van der Waals surface area (Å²) in [6.07, 6.45) is 5.68. The van der Waals surface area contributed by atoms with Gasteiger partial charge in [0.2, 0.25) is 0 Å². The molecule has 0 amide bonds. The van der Waals surface area contributed by atoms with Crippen molar-refractivity contribution in [1.82, 2.24) is 0 Å². The van der Waals surface area contributed by atoms with E-state index < -0.39 is 0 Å². The van der Waals surface area contributed by atoms with Crippen molar-refractivity contribution in [2.75, 3.05) is 5.88 Å². The van der Waals surface area contributed by atoms with Gasteiger partial charge in [0.15, 0.2) is 0 Å². The summed E-state index contributed by atoms with van der Waals surface area (Å²) in [5.41, 5.74) is 2.29. The molecule has 0 unspecified atom stereocenters. The number of rotatable bonds is 8. The second-order valence-corrected chi connectivity index (χ2v) is 5.21. The molecule has 1 N–H and O–H groups in total. The lowest BCUT2D eigenvalue weighted by Gasteiger charge is -2.16. The largest absolute Gasteiger partial charge is 0.393 e. The summed E-state index contributed by atoms with van der Waals surface area (Å²) < 4.78 is 0. The van der Waals surface area contributed by atoms with Gasteiger partial charge in [-0.05, 0) is 45.4 Å². The smallest absolute Gasteiger partial charge is 0.0580 e. The van der Waals surface area contributed by atoms with Crippen LogP contribution in [-0.4, -0.2) is 17.1 Å². The fourth-order valence-electron chi connectivity index (χ4n) is 1.71. The van der Waals surface area contributed by atoms with E-state index in [0.717, 1.165) is 24.8 Å². The van der Waals surface area contributed by atoms with Crippen LogP contribution < -0.4 is 0 Å². The molecule has 0 saturated carbocycles. The van der Waals surface area contributed by atoms with E-state index in [-0.39, 0.29) is 6.10 Å². The zero-order chi connectivity index (χ0) is 12.6. The summed E-state index contributed by atoms with van der Waals surface area (Å²) in [6, 6.07) is 0. The zero-order valence-corrected chi connectivity index (χ0v) is 11.6. The van der Waals surface area contributed by atoms with Gasteiger partial charge in [0.05, 0.1) is 6.10 Å². The Hall–Kier alpha value is -0.270. The van der Waals surface area contributed by atoms with Crippen LogP contribution in [0.15, 0.2) is 23.8 Å².